The van der Waals surface area contributed by atoms with Crippen LogP contribution in [-0.4, -0.2) is 28.4 Å². The summed E-state index contributed by atoms with van der Waals surface area (Å²) in [6.07, 6.45) is 6.37. The molecule has 0 N–H and O–H groups in total. The van der Waals surface area contributed by atoms with E-state index in [4.69, 9.17) is 11.6 Å². The van der Waals surface area contributed by atoms with Gasteiger partial charge in [0, 0.05) is 18.5 Å². The molecule has 0 amide bonds. The van der Waals surface area contributed by atoms with Crippen LogP contribution in [0, 0.1) is 0 Å². The maximum Gasteiger partial charge on any atom is 0.139 e. The van der Waals surface area contributed by atoms with Crippen LogP contribution in [-0.2, 0) is 0 Å². The largest absolute Gasteiger partial charge is 0.355 e. The first-order valence-electron chi connectivity index (χ1n) is 6.84. The number of fused-ring (bicyclic) bond motifs is 1. The zero-order valence-corrected chi connectivity index (χ0v) is 11.8. The predicted octanol–water partition coefficient (Wildman–Crippen LogP) is 3.62. The molecule has 1 fully saturated rings. The summed E-state index contributed by atoms with van der Waals surface area (Å²) in [5.41, 5.74) is 0.987. The number of benzene rings is 1. The van der Waals surface area contributed by atoms with Gasteiger partial charge < -0.3 is 4.90 Å². The van der Waals surface area contributed by atoms with E-state index >= 15 is 0 Å². The van der Waals surface area contributed by atoms with E-state index in [0.29, 0.717) is 6.04 Å². The van der Waals surface area contributed by atoms with Gasteiger partial charge in [-0.15, -0.1) is 11.6 Å². The monoisotopic (exact) mass is 275 g/mol. The fourth-order valence-corrected chi connectivity index (χ4v) is 3.38. The Balaban J connectivity index is 1.99. The van der Waals surface area contributed by atoms with Crippen molar-refractivity contribution < 1.29 is 0 Å². The molecule has 0 radical (unpaired) electrons. The van der Waals surface area contributed by atoms with Gasteiger partial charge in [0.15, 0.2) is 0 Å². The van der Waals surface area contributed by atoms with Crippen LogP contribution in [0.5, 0.6) is 0 Å². The fraction of sp³-hybridized carbons (Fsp3) is 0.467. The second-order valence-electron chi connectivity index (χ2n) is 5.19. The van der Waals surface area contributed by atoms with Gasteiger partial charge in [0.1, 0.15) is 12.1 Å². The van der Waals surface area contributed by atoms with Crippen molar-refractivity contribution in [1.29, 1.82) is 0 Å². The molecule has 1 aliphatic rings. The highest BCUT2D eigenvalue weighted by molar-refractivity contribution is 6.21. The van der Waals surface area contributed by atoms with Gasteiger partial charge in [0.2, 0.25) is 0 Å². The van der Waals surface area contributed by atoms with Crippen LogP contribution >= 0.6 is 11.6 Å². The summed E-state index contributed by atoms with van der Waals surface area (Å²) < 4.78 is 0. The fourth-order valence-electron chi connectivity index (χ4n) is 2.93. The van der Waals surface area contributed by atoms with Crippen molar-refractivity contribution in [1.82, 2.24) is 9.97 Å². The third-order valence-corrected chi connectivity index (χ3v) is 4.51. The van der Waals surface area contributed by atoms with Crippen molar-refractivity contribution in [3.63, 3.8) is 0 Å². The average molecular weight is 276 g/mol. The lowest BCUT2D eigenvalue weighted by Crippen LogP contribution is -2.41. The Morgan fingerprint density at radius 3 is 2.79 bits per heavy atom. The first-order valence-corrected chi connectivity index (χ1v) is 7.27. The zero-order valence-electron chi connectivity index (χ0n) is 11.1. The second-order valence-corrected chi connectivity index (χ2v) is 5.75. The summed E-state index contributed by atoms with van der Waals surface area (Å²) in [5.74, 6) is 0.989. The number of para-hydroxylation sites is 1. The molecule has 2 aromatic rings. The van der Waals surface area contributed by atoms with Crippen LogP contribution in [0.4, 0.5) is 5.82 Å². The number of nitrogens with zero attached hydrogens (tertiary/aromatic N) is 3. The minimum atomic E-state index is 0.215. The topological polar surface area (TPSA) is 29.0 Å². The predicted molar refractivity (Wildman–Crippen MR) is 79.8 cm³/mol. The molecule has 3 rings (SSSR count). The highest BCUT2D eigenvalue weighted by Crippen LogP contribution is 2.31. The van der Waals surface area contributed by atoms with Crippen molar-refractivity contribution >= 4 is 28.3 Å². The molecule has 1 aromatic heterocycles. The maximum atomic E-state index is 6.49. The van der Waals surface area contributed by atoms with E-state index in [1.54, 1.807) is 6.33 Å². The van der Waals surface area contributed by atoms with Crippen molar-refractivity contribution in [3.8, 4) is 0 Å². The lowest BCUT2D eigenvalue weighted by Gasteiger charge is -2.36. The Morgan fingerprint density at radius 1 is 1.16 bits per heavy atom. The van der Waals surface area contributed by atoms with E-state index in [2.05, 4.69) is 28.0 Å². The molecular formula is C15H18ClN3. The number of halogens is 1. The van der Waals surface area contributed by atoms with Gasteiger partial charge in [-0.3, -0.25) is 0 Å². The van der Waals surface area contributed by atoms with Crippen LogP contribution in [0.3, 0.4) is 0 Å². The van der Waals surface area contributed by atoms with E-state index in [-0.39, 0.29) is 5.38 Å². The molecule has 2 atom stereocenters. The van der Waals surface area contributed by atoms with E-state index in [1.807, 2.05) is 18.2 Å². The van der Waals surface area contributed by atoms with Crippen LogP contribution in [0.25, 0.3) is 10.9 Å². The minimum Gasteiger partial charge on any atom is -0.355 e. The normalized spacial score (nSPS) is 23.5. The zero-order chi connectivity index (χ0) is 13.2. The highest BCUT2D eigenvalue weighted by atomic mass is 35.5. The first-order chi connectivity index (χ1) is 9.27. The van der Waals surface area contributed by atoms with Gasteiger partial charge >= 0.3 is 0 Å². The highest BCUT2D eigenvalue weighted by Gasteiger charge is 2.28. The molecule has 100 valence electrons. The summed E-state index contributed by atoms with van der Waals surface area (Å²) in [5, 5.41) is 1.31. The molecule has 0 bridgehead atoms. The number of rotatable bonds is 2. The summed E-state index contributed by atoms with van der Waals surface area (Å²) >= 11 is 6.49. The Labute approximate surface area is 118 Å². The molecule has 0 saturated heterocycles. The van der Waals surface area contributed by atoms with Crippen LogP contribution in [0.1, 0.15) is 25.7 Å². The minimum absolute atomic E-state index is 0.215. The van der Waals surface area contributed by atoms with Crippen LogP contribution in [0.15, 0.2) is 30.6 Å². The lowest BCUT2D eigenvalue weighted by molar-refractivity contribution is 0.433. The Kier molecular flexibility index (Phi) is 3.56. The number of aromatic nitrogens is 2. The lowest BCUT2D eigenvalue weighted by atomic mass is 9.94. The van der Waals surface area contributed by atoms with Crippen molar-refractivity contribution in [2.45, 2.75) is 37.1 Å². The molecule has 4 heteroatoms. The number of alkyl halides is 1. The molecular weight excluding hydrogens is 258 g/mol. The molecule has 1 saturated carbocycles. The van der Waals surface area contributed by atoms with E-state index in [1.165, 1.54) is 12.8 Å². The van der Waals surface area contributed by atoms with Gasteiger partial charge in [-0.1, -0.05) is 25.0 Å². The molecule has 1 aliphatic carbocycles. The summed E-state index contributed by atoms with van der Waals surface area (Å²) in [6.45, 7) is 0. The Morgan fingerprint density at radius 2 is 1.95 bits per heavy atom. The van der Waals surface area contributed by atoms with E-state index < -0.39 is 0 Å². The summed E-state index contributed by atoms with van der Waals surface area (Å²) in [6, 6.07) is 8.50. The Hall–Kier alpha value is -1.35. The molecule has 19 heavy (non-hydrogen) atoms. The quantitative estimate of drug-likeness (QED) is 0.784. The standard InChI is InChI=1S/C15H18ClN3/c1-19(14-9-5-3-7-12(14)16)15-11-6-2-4-8-13(11)17-10-18-15/h2,4,6,8,10,12,14H,3,5,7,9H2,1H3. The average Bonchev–Trinajstić information content (AvgIpc) is 2.46. The maximum absolute atomic E-state index is 6.49. The molecule has 3 nitrogen and oxygen atoms in total. The van der Waals surface area contributed by atoms with Gasteiger partial charge in [0.05, 0.1) is 10.9 Å². The Bertz CT molecular complexity index is 567. The van der Waals surface area contributed by atoms with Gasteiger partial charge in [-0.2, -0.15) is 0 Å². The van der Waals surface area contributed by atoms with Crippen molar-refractivity contribution in [3.05, 3.63) is 30.6 Å². The van der Waals surface area contributed by atoms with Crippen LogP contribution in [0.2, 0.25) is 0 Å². The third kappa shape index (κ3) is 2.39. The van der Waals surface area contributed by atoms with E-state index in [0.717, 1.165) is 29.6 Å². The first kappa shape index (κ1) is 12.7. The van der Waals surface area contributed by atoms with Crippen molar-refractivity contribution in [2.24, 2.45) is 0 Å². The summed E-state index contributed by atoms with van der Waals surface area (Å²) in [7, 11) is 2.10. The smallest absolute Gasteiger partial charge is 0.139 e. The molecule has 0 aliphatic heterocycles. The second kappa shape index (κ2) is 5.33. The number of anilines is 1. The van der Waals surface area contributed by atoms with Gasteiger partial charge in [0.25, 0.3) is 0 Å². The molecule has 1 aromatic carbocycles. The molecule has 0 spiro atoms. The third-order valence-electron chi connectivity index (χ3n) is 4.00. The number of hydrogen-bond acceptors (Lipinski definition) is 3. The SMILES string of the molecule is CN(c1ncnc2ccccc12)C1CCCCC1Cl. The number of hydrogen-bond donors (Lipinski definition) is 0. The van der Waals surface area contributed by atoms with Crippen molar-refractivity contribution in [2.75, 3.05) is 11.9 Å². The molecule has 1 heterocycles. The van der Waals surface area contributed by atoms with Gasteiger partial charge in [-0.05, 0) is 25.0 Å². The van der Waals surface area contributed by atoms with Crippen LogP contribution < -0.4 is 4.90 Å². The molecule has 2 unspecified atom stereocenters. The summed E-state index contributed by atoms with van der Waals surface area (Å²) in [4.78, 5) is 11.0. The van der Waals surface area contributed by atoms with E-state index in [9.17, 15) is 0 Å². The van der Waals surface area contributed by atoms with Gasteiger partial charge in [-0.25, -0.2) is 9.97 Å².